The molecule has 26 heavy (non-hydrogen) atoms. The summed E-state index contributed by atoms with van der Waals surface area (Å²) in [5.41, 5.74) is 1.33. The third-order valence-electron chi connectivity index (χ3n) is 3.99. The molecule has 134 valence electrons. The van der Waals surface area contributed by atoms with Gasteiger partial charge >= 0.3 is 0 Å². The lowest BCUT2D eigenvalue weighted by atomic mass is 10.1. The number of methoxy groups -OCH3 is 1. The Morgan fingerprint density at radius 2 is 1.96 bits per heavy atom. The Kier molecular flexibility index (Phi) is 5.28. The second-order valence-corrected chi connectivity index (χ2v) is 6.14. The molecule has 0 aliphatic heterocycles. The van der Waals surface area contributed by atoms with E-state index in [0.717, 1.165) is 0 Å². The minimum absolute atomic E-state index is 0.153. The van der Waals surface area contributed by atoms with E-state index in [9.17, 15) is 9.18 Å². The third-order valence-corrected chi connectivity index (χ3v) is 4.32. The van der Waals surface area contributed by atoms with E-state index < -0.39 is 17.8 Å². The van der Waals surface area contributed by atoms with E-state index in [4.69, 9.17) is 20.8 Å². The quantitative estimate of drug-likeness (QED) is 0.665. The van der Waals surface area contributed by atoms with Crippen LogP contribution in [0.1, 0.15) is 29.1 Å². The molecule has 3 aromatic rings. The number of amides is 1. The molecule has 1 amide bonds. The van der Waals surface area contributed by atoms with E-state index in [0.29, 0.717) is 21.9 Å². The summed E-state index contributed by atoms with van der Waals surface area (Å²) in [6.45, 7) is 1.76. The Hall–Kier alpha value is -2.79. The van der Waals surface area contributed by atoms with Gasteiger partial charge in [-0.1, -0.05) is 29.8 Å². The number of ether oxygens (including phenoxy) is 1. The van der Waals surface area contributed by atoms with Gasteiger partial charge in [-0.3, -0.25) is 4.79 Å². The molecule has 3 rings (SSSR count). The fourth-order valence-electron chi connectivity index (χ4n) is 2.57. The number of carbonyl (C=O) groups is 1. The van der Waals surface area contributed by atoms with E-state index >= 15 is 0 Å². The minimum atomic E-state index is -0.481. The summed E-state index contributed by atoms with van der Waals surface area (Å²) in [5, 5.41) is 3.32. The van der Waals surface area contributed by atoms with Gasteiger partial charge in [-0.2, -0.15) is 0 Å². The van der Waals surface area contributed by atoms with E-state index in [1.165, 1.54) is 19.2 Å². The summed E-state index contributed by atoms with van der Waals surface area (Å²) in [7, 11) is 1.40. The highest BCUT2D eigenvalue weighted by molar-refractivity contribution is 6.33. The molecule has 0 aliphatic carbocycles. The first kappa shape index (κ1) is 18.0. The van der Waals surface area contributed by atoms with Crippen molar-refractivity contribution >= 4 is 17.5 Å². The first-order valence-electron chi connectivity index (χ1n) is 7.98. The van der Waals surface area contributed by atoms with E-state index in [2.05, 4.69) is 5.32 Å². The van der Waals surface area contributed by atoms with Gasteiger partial charge < -0.3 is 14.5 Å². The predicted octanol–water partition coefficient (Wildman–Crippen LogP) is 5.24. The Labute approximate surface area is 155 Å². The van der Waals surface area contributed by atoms with Crippen LogP contribution in [0.5, 0.6) is 5.75 Å². The van der Waals surface area contributed by atoms with Crippen LogP contribution in [-0.4, -0.2) is 13.0 Å². The van der Waals surface area contributed by atoms with Crippen LogP contribution in [0.4, 0.5) is 4.39 Å². The van der Waals surface area contributed by atoms with Gasteiger partial charge in [-0.15, -0.1) is 0 Å². The molecular weight excluding hydrogens is 357 g/mol. The highest BCUT2D eigenvalue weighted by atomic mass is 35.5. The second kappa shape index (κ2) is 7.62. The van der Waals surface area contributed by atoms with Gasteiger partial charge in [0.25, 0.3) is 5.91 Å². The number of nitrogens with one attached hydrogen (secondary N) is 1. The van der Waals surface area contributed by atoms with Crippen molar-refractivity contribution in [2.45, 2.75) is 13.0 Å². The topological polar surface area (TPSA) is 51.5 Å². The second-order valence-electron chi connectivity index (χ2n) is 5.73. The molecule has 0 spiro atoms. The zero-order chi connectivity index (χ0) is 18.7. The van der Waals surface area contributed by atoms with Crippen LogP contribution < -0.4 is 10.1 Å². The van der Waals surface area contributed by atoms with E-state index in [1.807, 2.05) is 18.2 Å². The number of benzene rings is 2. The fraction of sp³-hybridized carbons (Fsp3) is 0.150. The zero-order valence-electron chi connectivity index (χ0n) is 14.3. The molecule has 0 radical (unpaired) electrons. The standard InChI is InChI=1S/C20H17ClFNO3/c1-12(13-7-8-18(25-2)16(22)11-13)23-20(24)19-10-9-17(26-19)14-5-3-4-6-15(14)21/h3-12H,1-2H3,(H,23,24)/t12-/m1/s1. The summed E-state index contributed by atoms with van der Waals surface area (Å²) in [4.78, 5) is 12.4. The first-order valence-corrected chi connectivity index (χ1v) is 8.36. The SMILES string of the molecule is COc1ccc([C@@H](C)NC(=O)c2ccc(-c3ccccc3Cl)o2)cc1F. The van der Waals surface area contributed by atoms with Crippen LogP contribution in [0, 0.1) is 5.82 Å². The summed E-state index contributed by atoms with van der Waals surface area (Å²) in [6, 6.07) is 14.6. The highest BCUT2D eigenvalue weighted by Crippen LogP contribution is 2.29. The monoisotopic (exact) mass is 373 g/mol. The van der Waals surface area contributed by atoms with Gasteiger partial charge in [0.05, 0.1) is 18.2 Å². The average Bonchev–Trinajstić information content (AvgIpc) is 3.12. The highest BCUT2D eigenvalue weighted by Gasteiger charge is 2.17. The summed E-state index contributed by atoms with van der Waals surface area (Å²) in [6.07, 6.45) is 0. The van der Waals surface area contributed by atoms with Crippen molar-refractivity contribution in [1.82, 2.24) is 5.32 Å². The van der Waals surface area contributed by atoms with Crippen molar-refractivity contribution in [2.75, 3.05) is 7.11 Å². The van der Waals surface area contributed by atoms with Gasteiger partial charge in [-0.05, 0) is 48.9 Å². The summed E-state index contributed by atoms with van der Waals surface area (Å²) < 4.78 is 24.3. The number of carbonyl (C=O) groups excluding carboxylic acids is 1. The predicted molar refractivity (Wildman–Crippen MR) is 98.0 cm³/mol. The smallest absolute Gasteiger partial charge is 0.287 e. The molecule has 0 bridgehead atoms. The normalized spacial score (nSPS) is 11.8. The largest absolute Gasteiger partial charge is 0.494 e. The van der Waals surface area contributed by atoms with Crippen molar-refractivity contribution in [2.24, 2.45) is 0 Å². The lowest BCUT2D eigenvalue weighted by molar-refractivity contribution is 0.0912. The van der Waals surface area contributed by atoms with Crippen LogP contribution in [0.25, 0.3) is 11.3 Å². The zero-order valence-corrected chi connectivity index (χ0v) is 15.0. The molecule has 0 saturated heterocycles. The number of halogens is 2. The number of hydrogen-bond donors (Lipinski definition) is 1. The average molecular weight is 374 g/mol. The molecule has 0 saturated carbocycles. The van der Waals surface area contributed by atoms with Crippen molar-refractivity contribution in [3.63, 3.8) is 0 Å². The van der Waals surface area contributed by atoms with Crippen molar-refractivity contribution in [3.05, 3.63) is 76.8 Å². The molecule has 4 nitrogen and oxygen atoms in total. The Balaban J connectivity index is 1.74. The molecule has 0 fully saturated rings. The lowest BCUT2D eigenvalue weighted by Crippen LogP contribution is -2.26. The molecule has 1 N–H and O–H groups in total. The Bertz CT molecular complexity index is 938. The molecule has 6 heteroatoms. The fourth-order valence-corrected chi connectivity index (χ4v) is 2.80. The van der Waals surface area contributed by atoms with Crippen LogP contribution in [-0.2, 0) is 0 Å². The molecular formula is C20H17ClFNO3. The van der Waals surface area contributed by atoms with E-state index in [1.54, 1.807) is 31.2 Å². The van der Waals surface area contributed by atoms with Crippen LogP contribution in [0.15, 0.2) is 59.0 Å². The number of rotatable bonds is 5. The maximum Gasteiger partial charge on any atom is 0.287 e. The number of furan rings is 1. The molecule has 0 unspecified atom stereocenters. The van der Waals surface area contributed by atoms with Crippen molar-refractivity contribution in [3.8, 4) is 17.1 Å². The molecule has 1 atom stereocenters. The molecule has 1 aromatic heterocycles. The van der Waals surface area contributed by atoms with Gasteiger partial charge in [0, 0.05) is 5.56 Å². The Morgan fingerprint density at radius 1 is 1.19 bits per heavy atom. The minimum Gasteiger partial charge on any atom is -0.494 e. The van der Waals surface area contributed by atoms with E-state index in [-0.39, 0.29) is 11.5 Å². The van der Waals surface area contributed by atoms with Crippen LogP contribution in [0.2, 0.25) is 5.02 Å². The maximum atomic E-state index is 13.8. The van der Waals surface area contributed by atoms with Gasteiger partial charge in [0.1, 0.15) is 5.76 Å². The van der Waals surface area contributed by atoms with Crippen LogP contribution in [0.3, 0.4) is 0 Å². The molecule has 0 aliphatic rings. The van der Waals surface area contributed by atoms with Gasteiger partial charge in [0.2, 0.25) is 0 Å². The van der Waals surface area contributed by atoms with Crippen LogP contribution >= 0.6 is 11.6 Å². The lowest BCUT2D eigenvalue weighted by Gasteiger charge is -2.14. The van der Waals surface area contributed by atoms with Gasteiger partial charge in [-0.25, -0.2) is 4.39 Å². The van der Waals surface area contributed by atoms with Crippen molar-refractivity contribution in [1.29, 1.82) is 0 Å². The number of hydrogen-bond acceptors (Lipinski definition) is 3. The summed E-state index contributed by atoms with van der Waals surface area (Å²) >= 11 is 6.15. The maximum absolute atomic E-state index is 13.8. The first-order chi connectivity index (χ1) is 12.5. The third kappa shape index (κ3) is 3.73. The molecule has 1 heterocycles. The van der Waals surface area contributed by atoms with Crippen molar-refractivity contribution < 1.29 is 18.3 Å². The van der Waals surface area contributed by atoms with Gasteiger partial charge in [0.15, 0.2) is 17.3 Å². The Morgan fingerprint density at radius 3 is 2.65 bits per heavy atom. The molecule has 2 aromatic carbocycles. The summed E-state index contributed by atoms with van der Waals surface area (Å²) in [5.74, 6) is -0.0653.